The first kappa shape index (κ1) is 41.9. The van der Waals surface area contributed by atoms with Gasteiger partial charge in [0.1, 0.15) is 36.0 Å². The number of aliphatic hydroxyl groups excluding tert-OH is 1. The SMILES string of the molecule is CC[C@H](C)[C@H](N)C(=O)N[C@H](C(=O)N[C@@H](Cc1ccc(O)cc1)C(=O)N[C@@H](CCCCN)C(=O)N[C@@H](CO)C(=O)N1CCC[C@H]1C(=O)O)C(C)C. The van der Waals surface area contributed by atoms with Crippen molar-refractivity contribution in [2.75, 3.05) is 19.7 Å². The van der Waals surface area contributed by atoms with Gasteiger partial charge in [0.05, 0.1) is 12.6 Å². The van der Waals surface area contributed by atoms with Crippen LogP contribution in [0.15, 0.2) is 24.3 Å². The van der Waals surface area contributed by atoms with Crippen LogP contribution in [0.25, 0.3) is 0 Å². The third-order valence-electron chi connectivity index (χ3n) is 9.01. The van der Waals surface area contributed by atoms with Gasteiger partial charge in [0, 0.05) is 13.0 Å². The summed E-state index contributed by atoms with van der Waals surface area (Å²) < 4.78 is 0. The molecule has 0 bridgehead atoms. The van der Waals surface area contributed by atoms with E-state index in [1.807, 2.05) is 13.8 Å². The smallest absolute Gasteiger partial charge is 0.326 e. The zero-order valence-electron chi connectivity index (χ0n) is 29.4. The molecule has 50 heavy (non-hydrogen) atoms. The number of likely N-dealkylation sites (tertiary alicyclic amines) is 1. The third kappa shape index (κ3) is 12.2. The van der Waals surface area contributed by atoms with Gasteiger partial charge in [-0.15, -0.1) is 0 Å². The molecule has 11 N–H and O–H groups in total. The Labute approximate surface area is 293 Å². The number of carboxylic acid groups (broad SMARTS) is 1. The van der Waals surface area contributed by atoms with Crippen LogP contribution in [0.2, 0.25) is 0 Å². The molecule has 1 heterocycles. The molecule has 1 saturated heterocycles. The summed E-state index contributed by atoms with van der Waals surface area (Å²) in [6.07, 6.45) is 2.31. The summed E-state index contributed by atoms with van der Waals surface area (Å²) >= 11 is 0. The molecule has 0 aliphatic carbocycles. The number of nitrogens with zero attached hydrogens (tertiary/aromatic N) is 1. The van der Waals surface area contributed by atoms with E-state index in [0.717, 1.165) is 4.90 Å². The fourth-order valence-corrected chi connectivity index (χ4v) is 5.61. The Morgan fingerprint density at radius 1 is 0.880 bits per heavy atom. The highest BCUT2D eigenvalue weighted by atomic mass is 16.4. The monoisotopic (exact) mass is 705 g/mol. The number of rotatable bonds is 20. The van der Waals surface area contributed by atoms with Crippen LogP contribution < -0.4 is 32.7 Å². The summed E-state index contributed by atoms with van der Waals surface area (Å²) in [4.78, 5) is 79.9. The van der Waals surface area contributed by atoms with Crippen molar-refractivity contribution in [1.29, 1.82) is 0 Å². The summed E-state index contributed by atoms with van der Waals surface area (Å²) in [5.74, 6) is -5.20. The standard InChI is InChI=1S/C34H55N7O9/c1-5-20(4)27(36)31(46)40-28(19(2)3)32(47)38-24(17-21-11-13-22(43)14-12-21)30(45)37-23(9-6-7-15-35)29(44)39-25(18-42)33(48)41-16-8-10-26(41)34(49)50/h11-14,19-20,23-28,42-43H,5-10,15-18,35-36H2,1-4H3,(H,37,45)(H,38,47)(H,39,44)(H,40,46)(H,49,50)/t20-,23-,24-,25-,26-,27-,28-/m0/s1. The van der Waals surface area contributed by atoms with E-state index in [9.17, 15) is 44.1 Å². The van der Waals surface area contributed by atoms with Crippen molar-refractivity contribution in [3.63, 3.8) is 0 Å². The Kier molecular flexibility index (Phi) is 17.1. The lowest BCUT2D eigenvalue weighted by Crippen LogP contribution is -2.60. The molecule has 1 aromatic carbocycles. The fourth-order valence-electron chi connectivity index (χ4n) is 5.61. The number of aliphatic hydroxyl groups is 1. The average molecular weight is 706 g/mol. The second kappa shape index (κ2) is 20.4. The van der Waals surface area contributed by atoms with Gasteiger partial charge in [-0.3, -0.25) is 24.0 Å². The van der Waals surface area contributed by atoms with Crippen molar-refractivity contribution >= 4 is 35.5 Å². The van der Waals surface area contributed by atoms with Gasteiger partial charge >= 0.3 is 5.97 Å². The Morgan fingerprint density at radius 3 is 2.04 bits per heavy atom. The van der Waals surface area contributed by atoms with E-state index >= 15 is 0 Å². The molecule has 280 valence electrons. The van der Waals surface area contributed by atoms with E-state index in [0.29, 0.717) is 37.8 Å². The van der Waals surface area contributed by atoms with Gasteiger partial charge in [-0.05, 0) is 68.2 Å². The highest BCUT2D eigenvalue weighted by Gasteiger charge is 2.39. The minimum absolute atomic E-state index is 0.00718. The van der Waals surface area contributed by atoms with E-state index < -0.39 is 78.4 Å². The van der Waals surface area contributed by atoms with Gasteiger partial charge in [-0.1, -0.05) is 46.2 Å². The van der Waals surface area contributed by atoms with Crippen molar-refractivity contribution in [2.45, 2.75) is 109 Å². The molecule has 2 rings (SSSR count). The number of nitrogens with one attached hydrogen (secondary N) is 4. The maximum absolute atomic E-state index is 13.9. The van der Waals surface area contributed by atoms with Crippen LogP contribution >= 0.6 is 0 Å². The largest absolute Gasteiger partial charge is 0.508 e. The van der Waals surface area contributed by atoms with Gasteiger partial charge in [0.25, 0.3) is 0 Å². The van der Waals surface area contributed by atoms with Crippen molar-refractivity contribution in [2.24, 2.45) is 23.3 Å². The van der Waals surface area contributed by atoms with Gasteiger partial charge in [-0.25, -0.2) is 4.79 Å². The van der Waals surface area contributed by atoms with Gasteiger partial charge < -0.3 is 53.0 Å². The fraction of sp³-hybridized carbons (Fsp3) is 0.647. The Bertz CT molecular complexity index is 1310. The minimum atomic E-state index is -1.46. The number of aromatic hydroxyl groups is 1. The first-order valence-corrected chi connectivity index (χ1v) is 17.2. The first-order valence-electron chi connectivity index (χ1n) is 17.2. The van der Waals surface area contributed by atoms with Crippen LogP contribution in [-0.2, 0) is 35.2 Å². The minimum Gasteiger partial charge on any atom is -0.508 e. The molecule has 0 unspecified atom stereocenters. The van der Waals surface area contributed by atoms with E-state index in [1.165, 1.54) is 12.1 Å². The number of hydrogen-bond acceptors (Lipinski definition) is 10. The molecule has 0 radical (unpaired) electrons. The predicted octanol–water partition coefficient (Wildman–Crippen LogP) is -0.900. The maximum atomic E-state index is 13.9. The molecule has 1 aromatic rings. The van der Waals surface area contributed by atoms with Crippen LogP contribution in [0.4, 0.5) is 0 Å². The van der Waals surface area contributed by atoms with E-state index in [1.54, 1.807) is 26.0 Å². The number of phenols is 1. The number of nitrogens with two attached hydrogens (primary N) is 2. The van der Waals surface area contributed by atoms with Crippen molar-refractivity contribution in [3.05, 3.63) is 29.8 Å². The van der Waals surface area contributed by atoms with E-state index in [4.69, 9.17) is 11.5 Å². The predicted molar refractivity (Wildman–Crippen MR) is 184 cm³/mol. The number of aliphatic carboxylic acids is 1. The molecule has 1 aliphatic rings. The summed E-state index contributed by atoms with van der Waals surface area (Å²) in [5, 5.41) is 39.8. The topological polar surface area (TPSA) is 267 Å². The Hall–Kier alpha value is -4.28. The number of phenolic OH excluding ortho intramolecular Hbond substituents is 1. The van der Waals surface area contributed by atoms with Crippen LogP contribution in [0.1, 0.15) is 71.8 Å². The summed E-state index contributed by atoms with van der Waals surface area (Å²) in [6.45, 7) is 6.83. The van der Waals surface area contributed by atoms with E-state index in [2.05, 4.69) is 21.3 Å². The molecule has 0 aromatic heterocycles. The van der Waals surface area contributed by atoms with E-state index in [-0.39, 0.29) is 43.4 Å². The van der Waals surface area contributed by atoms with Crippen LogP contribution in [0.3, 0.4) is 0 Å². The number of carbonyl (C=O) groups excluding carboxylic acids is 5. The lowest BCUT2D eigenvalue weighted by Gasteiger charge is -2.29. The van der Waals surface area contributed by atoms with Crippen LogP contribution in [0.5, 0.6) is 5.75 Å². The van der Waals surface area contributed by atoms with Crippen LogP contribution in [-0.4, -0.2) is 112 Å². The average Bonchev–Trinajstić information content (AvgIpc) is 3.59. The zero-order valence-corrected chi connectivity index (χ0v) is 29.4. The molecule has 1 fully saturated rings. The number of carboxylic acids is 1. The van der Waals surface area contributed by atoms with Crippen molar-refractivity contribution in [1.82, 2.24) is 26.2 Å². The lowest BCUT2D eigenvalue weighted by atomic mass is 9.97. The third-order valence-corrected chi connectivity index (χ3v) is 9.01. The molecule has 1 aliphatic heterocycles. The van der Waals surface area contributed by atoms with Gasteiger partial charge in [-0.2, -0.15) is 0 Å². The summed E-state index contributed by atoms with van der Waals surface area (Å²) in [7, 11) is 0. The second-order valence-electron chi connectivity index (χ2n) is 13.2. The number of hydrogen-bond donors (Lipinski definition) is 9. The highest BCUT2D eigenvalue weighted by Crippen LogP contribution is 2.19. The molecular formula is C34H55N7O9. The lowest BCUT2D eigenvalue weighted by molar-refractivity contribution is -0.150. The maximum Gasteiger partial charge on any atom is 0.326 e. The molecule has 7 atom stereocenters. The molecule has 16 heteroatoms. The Balaban J connectivity index is 2.33. The second-order valence-corrected chi connectivity index (χ2v) is 13.2. The van der Waals surface area contributed by atoms with Gasteiger partial charge in [0.15, 0.2) is 0 Å². The van der Waals surface area contributed by atoms with Crippen LogP contribution in [0, 0.1) is 11.8 Å². The molecule has 0 spiro atoms. The number of amides is 5. The Morgan fingerprint density at radius 2 is 1.48 bits per heavy atom. The number of benzene rings is 1. The highest BCUT2D eigenvalue weighted by molar-refractivity contribution is 5.96. The first-order chi connectivity index (χ1) is 23.6. The molecular weight excluding hydrogens is 650 g/mol. The number of unbranched alkanes of at least 4 members (excludes halogenated alkanes) is 1. The molecule has 5 amide bonds. The van der Waals surface area contributed by atoms with Crippen molar-refractivity contribution < 1.29 is 44.1 Å². The van der Waals surface area contributed by atoms with Crippen molar-refractivity contribution in [3.8, 4) is 5.75 Å². The summed E-state index contributed by atoms with van der Waals surface area (Å²) in [6, 6.07) is -0.938. The summed E-state index contributed by atoms with van der Waals surface area (Å²) in [5.41, 5.74) is 12.3. The number of carbonyl (C=O) groups is 6. The zero-order chi connectivity index (χ0) is 37.5. The normalized spacial score (nSPS) is 17.9. The quantitative estimate of drug-likeness (QED) is 0.0751. The van der Waals surface area contributed by atoms with Gasteiger partial charge in [0.2, 0.25) is 29.5 Å². The molecule has 0 saturated carbocycles. The molecule has 16 nitrogen and oxygen atoms in total.